The Balaban J connectivity index is 2.73. The van der Waals surface area contributed by atoms with Crippen molar-refractivity contribution in [3.8, 4) is 0 Å². The van der Waals surface area contributed by atoms with E-state index < -0.39 is 23.3 Å². The number of halogens is 3. The monoisotopic (exact) mass is 303 g/mol. The number of anilines is 1. The van der Waals surface area contributed by atoms with Crippen molar-refractivity contribution in [2.24, 2.45) is 0 Å². The third kappa shape index (κ3) is 4.66. The summed E-state index contributed by atoms with van der Waals surface area (Å²) in [5.74, 6) is -1.00. The lowest BCUT2D eigenvalue weighted by molar-refractivity contribution is -0.136. The van der Waals surface area contributed by atoms with Crippen molar-refractivity contribution < 1.29 is 22.8 Å². The van der Waals surface area contributed by atoms with Gasteiger partial charge in [0.15, 0.2) is 0 Å². The predicted octanol–water partition coefficient (Wildman–Crippen LogP) is 1.54. The summed E-state index contributed by atoms with van der Waals surface area (Å²) in [7, 11) is 0. The largest absolute Gasteiger partial charge is 0.418 e. The number of carbonyl (C=O) groups excluding carboxylic acids is 2. The van der Waals surface area contributed by atoms with Gasteiger partial charge in [-0.3, -0.25) is 9.59 Å². The molecule has 0 bridgehead atoms. The van der Waals surface area contributed by atoms with Crippen LogP contribution in [0.25, 0.3) is 0 Å². The lowest BCUT2D eigenvalue weighted by Crippen LogP contribution is -2.31. The fourth-order valence-corrected chi connectivity index (χ4v) is 1.68. The molecule has 0 radical (unpaired) electrons. The van der Waals surface area contributed by atoms with Crippen LogP contribution in [0.2, 0.25) is 0 Å². The molecule has 2 amide bonds. The zero-order chi connectivity index (χ0) is 16.0. The molecule has 0 spiro atoms. The maximum absolute atomic E-state index is 12.7. The van der Waals surface area contributed by atoms with E-state index in [1.54, 1.807) is 6.92 Å². The van der Waals surface area contributed by atoms with Gasteiger partial charge in [0.25, 0.3) is 5.91 Å². The molecule has 0 unspecified atom stereocenters. The first-order valence-corrected chi connectivity index (χ1v) is 6.28. The van der Waals surface area contributed by atoms with Gasteiger partial charge in [-0.25, -0.2) is 0 Å². The van der Waals surface area contributed by atoms with Gasteiger partial charge in [0.1, 0.15) is 0 Å². The SMILES string of the molecule is CCNC(=O)CCNC(=O)c1cccc(C(F)(F)F)c1N. The van der Waals surface area contributed by atoms with E-state index in [1.807, 2.05) is 0 Å². The Kier molecular flexibility index (Phi) is 5.57. The maximum Gasteiger partial charge on any atom is 0.418 e. The van der Waals surface area contributed by atoms with E-state index in [2.05, 4.69) is 10.6 Å². The van der Waals surface area contributed by atoms with E-state index in [9.17, 15) is 22.8 Å². The van der Waals surface area contributed by atoms with Crippen LogP contribution in [-0.4, -0.2) is 24.9 Å². The Bertz CT molecular complexity index is 530. The quantitative estimate of drug-likeness (QED) is 0.721. The number of nitrogens with one attached hydrogen (secondary N) is 2. The lowest BCUT2D eigenvalue weighted by Gasteiger charge is -2.13. The molecular weight excluding hydrogens is 287 g/mol. The number of hydrogen-bond donors (Lipinski definition) is 3. The van der Waals surface area contributed by atoms with Crippen molar-refractivity contribution in [3.63, 3.8) is 0 Å². The highest BCUT2D eigenvalue weighted by molar-refractivity contribution is 6.00. The summed E-state index contributed by atoms with van der Waals surface area (Å²) in [4.78, 5) is 23.0. The van der Waals surface area contributed by atoms with Gasteiger partial charge >= 0.3 is 6.18 Å². The molecule has 0 aromatic heterocycles. The van der Waals surface area contributed by atoms with Crippen molar-refractivity contribution in [1.82, 2.24) is 10.6 Å². The number of hydrogen-bond acceptors (Lipinski definition) is 3. The van der Waals surface area contributed by atoms with E-state index >= 15 is 0 Å². The molecule has 116 valence electrons. The molecule has 0 aliphatic heterocycles. The Hall–Kier alpha value is -2.25. The molecular formula is C13H16F3N3O2. The number of nitrogens with two attached hydrogens (primary N) is 1. The molecule has 0 fully saturated rings. The van der Waals surface area contributed by atoms with Crippen LogP contribution in [0.4, 0.5) is 18.9 Å². The van der Waals surface area contributed by atoms with Gasteiger partial charge in [0, 0.05) is 19.5 Å². The molecule has 0 heterocycles. The number of para-hydroxylation sites is 1. The van der Waals surface area contributed by atoms with Gasteiger partial charge in [-0.05, 0) is 19.1 Å². The highest BCUT2D eigenvalue weighted by Gasteiger charge is 2.34. The lowest BCUT2D eigenvalue weighted by atomic mass is 10.1. The first-order chi connectivity index (χ1) is 9.77. The summed E-state index contributed by atoms with van der Waals surface area (Å²) in [6, 6.07) is 3.12. The van der Waals surface area contributed by atoms with Crippen LogP contribution in [0.3, 0.4) is 0 Å². The van der Waals surface area contributed by atoms with E-state index in [0.717, 1.165) is 12.1 Å². The smallest absolute Gasteiger partial charge is 0.398 e. The first kappa shape index (κ1) is 16.8. The summed E-state index contributed by atoms with van der Waals surface area (Å²) in [5.41, 5.74) is 3.45. The van der Waals surface area contributed by atoms with E-state index in [0.29, 0.717) is 6.54 Å². The van der Waals surface area contributed by atoms with E-state index in [1.165, 1.54) is 6.07 Å². The molecule has 0 aliphatic carbocycles. The van der Waals surface area contributed by atoms with Gasteiger partial charge < -0.3 is 16.4 Å². The number of benzene rings is 1. The third-order valence-electron chi connectivity index (χ3n) is 2.67. The van der Waals surface area contributed by atoms with Crippen molar-refractivity contribution in [2.45, 2.75) is 19.5 Å². The molecule has 21 heavy (non-hydrogen) atoms. The minimum absolute atomic E-state index is 0.0142. The number of rotatable bonds is 5. The summed E-state index contributed by atoms with van der Waals surface area (Å²) in [5, 5.41) is 4.90. The Morgan fingerprint density at radius 3 is 2.48 bits per heavy atom. The number of alkyl halides is 3. The summed E-state index contributed by atoms with van der Waals surface area (Å²) >= 11 is 0. The van der Waals surface area contributed by atoms with Gasteiger partial charge in [-0.2, -0.15) is 13.2 Å². The molecule has 8 heteroatoms. The minimum Gasteiger partial charge on any atom is -0.398 e. The number of carbonyl (C=O) groups is 2. The van der Waals surface area contributed by atoms with Crippen LogP contribution in [0.15, 0.2) is 18.2 Å². The average Bonchev–Trinajstić information content (AvgIpc) is 2.37. The molecule has 0 saturated carbocycles. The van der Waals surface area contributed by atoms with Crippen LogP contribution < -0.4 is 16.4 Å². The second-order valence-corrected chi connectivity index (χ2v) is 4.22. The molecule has 0 atom stereocenters. The molecule has 1 aromatic carbocycles. The number of amides is 2. The molecule has 0 aliphatic rings. The summed E-state index contributed by atoms with van der Waals surface area (Å²) in [6.45, 7) is 2.23. The molecule has 4 N–H and O–H groups in total. The average molecular weight is 303 g/mol. The Labute approximate surface area is 119 Å². The van der Waals surface area contributed by atoms with Crippen molar-refractivity contribution >= 4 is 17.5 Å². The first-order valence-electron chi connectivity index (χ1n) is 6.28. The number of nitrogen functional groups attached to an aromatic ring is 1. The standard InChI is InChI=1S/C13H16F3N3O2/c1-2-18-10(20)6-7-19-12(21)8-4-3-5-9(11(8)17)13(14,15)16/h3-5H,2,6-7,17H2,1H3,(H,18,20)(H,19,21). The van der Waals surface area contributed by atoms with Gasteiger partial charge in [-0.15, -0.1) is 0 Å². The second kappa shape index (κ2) is 6.96. The molecule has 1 aromatic rings. The Morgan fingerprint density at radius 2 is 1.90 bits per heavy atom. The zero-order valence-corrected chi connectivity index (χ0v) is 11.4. The maximum atomic E-state index is 12.7. The Morgan fingerprint density at radius 1 is 1.24 bits per heavy atom. The fraction of sp³-hybridized carbons (Fsp3) is 0.385. The van der Waals surface area contributed by atoms with Crippen LogP contribution in [0, 0.1) is 0 Å². The summed E-state index contributed by atoms with van der Waals surface area (Å²) < 4.78 is 38.0. The van der Waals surface area contributed by atoms with Crippen molar-refractivity contribution in [2.75, 3.05) is 18.8 Å². The molecule has 1 rings (SSSR count). The van der Waals surface area contributed by atoms with Crippen LogP contribution in [0.5, 0.6) is 0 Å². The highest BCUT2D eigenvalue weighted by atomic mass is 19.4. The van der Waals surface area contributed by atoms with E-state index in [4.69, 9.17) is 5.73 Å². The zero-order valence-electron chi connectivity index (χ0n) is 11.4. The topological polar surface area (TPSA) is 84.2 Å². The van der Waals surface area contributed by atoms with Crippen molar-refractivity contribution in [3.05, 3.63) is 29.3 Å². The van der Waals surface area contributed by atoms with Gasteiger partial charge in [-0.1, -0.05) is 6.07 Å². The fourth-order valence-electron chi connectivity index (χ4n) is 1.68. The molecule has 5 nitrogen and oxygen atoms in total. The molecule has 0 saturated heterocycles. The second-order valence-electron chi connectivity index (χ2n) is 4.22. The third-order valence-corrected chi connectivity index (χ3v) is 2.67. The van der Waals surface area contributed by atoms with Gasteiger partial charge in [0.05, 0.1) is 16.8 Å². The summed E-state index contributed by atoms with van der Waals surface area (Å²) in [6.07, 6.45) is -4.58. The van der Waals surface area contributed by atoms with Crippen LogP contribution >= 0.6 is 0 Å². The minimum atomic E-state index is -4.62. The van der Waals surface area contributed by atoms with Crippen LogP contribution in [0.1, 0.15) is 29.3 Å². The van der Waals surface area contributed by atoms with Crippen LogP contribution in [-0.2, 0) is 11.0 Å². The highest BCUT2D eigenvalue weighted by Crippen LogP contribution is 2.34. The normalized spacial score (nSPS) is 11.0. The van der Waals surface area contributed by atoms with Crippen molar-refractivity contribution in [1.29, 1.82) is 0 Å². The van der Waals surface area contributed by atoms with Gasteiger partial charge in [0.2, 0.25) is 5.91 Å². The van der Waals surface area contributed by atoms with E-state index in [-0.39, 0.29) is 24.4 Å². The predicted molar refractivity (Wildman–Crippen MR) is 71.5 cm³/mol.